The Morgan fingerprint density at radius 2 is 0.545 bits per heavy atom. The number of aromatic nitrogens is 12. The summed E-state index contributed by atoms with van der Waals surface area (Å²) in [5.41, 5.74) is 34.2. The molecule has 0 bridgehead atoms. The molecule has 9 heterocycles. The first kappa shape index (κ1) is 90.9. The van der Waals surface area contributed by atoms with Crippen molar-refractivity contribution in [2.24, 2.45) is 0 Å². The molecule has 8 aromatic carbocycles. The lowest BCUT2D eigenvalue weighted by molar-refractivity contribution is 0.0815. The number of nitrogens with one attached hydrogen (secondary N) is 6. The van der Waals surface area contributed by atoms with Crippen molar-refractivity contribution in [1.29, 1.82) is 0 Å². The molecule has 30 heteroatoms. The first-order valence-corrected chi connectivity index (χ1v) is 47.6. The number of piperazine rings is 3. The van der Waals surface area contributed by atoms with Crippen molar-refractivity contribution in [2.75, 3.05) is 134 Å². The van der Waals surface area contributed by atoms with E-state index in [1.54, 1.807) is 0 Å². The number of nitrogens with two attached hydrogens (primary N) is 3. The first-order chi connectivity index (χ1) is 65.6. The summed E-state index contributed by atoms with van der Waals surface area (Å²) in [5.74, 6) is 1.31. The van der Waals surface area contributed by atoms with E-state index in [4.69, 9.17) is 32.5 Å². The molecule has 3 atom stereocenters. The van der Waals surface area contributed by atoms with Crippen molar-refractivity contribution in [3.8, 4) is 33.8 Å². The van der Waals surface area contributed by atoms with Crippen LogP contribution in [0.4, 0.5) is 43.2 Å². The molecule has 692 valence electrons. The van der Waals surface area contributed by atoms with Gasteiger partial charge in [0.1, 0.15) is 53.5 Å². The van der Waals surface area contributed by atoms with Crippen molar-refractivity contribution >= 4 is 80.0 Å². The molecule has 6 aromatic heterocycles. The molecule has 6 amide bonds. The molecule has 3 saturated heterocycles. The van der Waals surface area contributed by atoms with Crippen LogP contribution in [0.5, 0.6) is 0 Å². The largest absolute Gasteiger partial charge is 0.383 e. The average molecular weight is 1800 g/mol. The number of para-hydroxylation sites is 2. The summed E-state index contributed by atoms with van der Waals surface area (Å²) < 4.78 is 6.29. The summed E-state index contributed by atoms with van der Waals surface area (Å²) in [6, 6.07) is 74.4. The minimum absolute atomic E-state index is 0.201. The Bertz CT molecular complexity index is 5940. The summed E-state index contributed by atoms with van der Waals surface area (Å²) in [7, 11) is 6.63. The third-order valence-corrected chi connectivity index (χ3v) is 27.9. The molecule has 6 fully saturated rings. The van der Waals surface area contributed by atoms with Crippen LogP contribution in [0.15, 0.2) is 243 Å². The van der Waals surface area contributed by atoms with Gasteiger partial charge in [0.05, 0.1) is 52.4 Å². The normalized spacial score (nSPS) is 20.2. The average Bonchev–Trinajstić information content (AvgIpc) is 1.62. The van der Waals surface area contributed by atoms with E-state index in [0.717, 1.165) is 254 Å². The predicted octanol–water partition coefficient (Wildman–Crippen LogP) is 15.7. The van der Waals surface area contributed by atoms with Crippen molar-refractivity contribution in [3.63, 3.8) is 0 Å². The zero-order chi connectivity index (χ0) is 92.0. The van der Waals surface area contributed by atoms with Gasteiger partial charge in [-0.2, -0.15) is 15.3 Å². The summed E-state index contributed by atoms with van der Waals surface area (Å²) in [4.78, 5) is 80.8. The minimum atomic E-state index is -0.350. The molecule has 134 heavy (non-hydrogen) atoms. The highest BCUT2D eigenvalue weighted by atomic mass is 16.2. The van der Waals surface area contributed by atoms with Gasteiger partial charge in [0.15, 0.2) is 16.9 Å². The highest BCUT2D eigenvalue weighted by Gasteiger charge is 2.36. The highest BCUT2D eigenvalue weighted by molar-refractivity contribution is 6.01. The summed E-state index contributed by atoms with van der Waals surface area (Å²) in [6.45, 7) is 16.3. The van der Waals surface area contributed by atoms with Crippen LogP contribution in [-0.2, 0) is 0 Å². The van der Waals surface area contributed by atoms with E-state index in [0.29, 0.717) is 42.1 Å². The quantitative estimate of drug-likeness (QED) is 0.0323. The van der Waals surface area contributed by atoms with Gasteiger partial charge < -0.3 is 63.8 Å². The maximum Gasteiger partial charge on any atom is 0.319 e. The van der Waals surface area contributed by atoms with E-state index in [1.807, 2.05) is 231 Å². The molecule has 3 unspecified atom stereocenters. The Kier molecular flexibility index (Phi) is 28.8. The second-order valence-corrected chi connectivity index (χ2v) is 36.5. The van der Waals surface area contributed by atoms with Crippen molar-refractivity contribution in [1.82, 2.24) is 110 Å². The Balaban J connectivity index is 0.000000135. The lowest BCUT2D eigenvalue weighted by atomic mass is 9.90. The van der Waals surface area contributed by atoms with E-state index in [9.17, 15) is 14.4 Å². The molecule has 3 aliphatic heterocycles. The molecule has 3 aliphatic carbocycles. The van der Waals surface area contributed by atoms with Gasteiger partial charge in [0.25, 0.3) is 0 Å². The van der Waals surface area contributed by atoms with Crippen molar-refractivity contribution in [3.05, 3.63) is 277 Å². The highest BCUT2D eigenvalue weighted by Crippen LogP contribution is 2.43. The fraction of sp³-hybridized carbons (Fsp3) is 0.365. The smallest absolute Gasteiger partial charge is 0.319 e. The SMILES string of the molecule is CCNC(=O)NC(c1ccccc1)c1ccc(-c2nn(C3CCC(N4CCN(C)CC4)CC3)c3ncnc(N)c23)cc1.CN1CCN(C2CCC(n3nc(-c4ccc(C(NC(=O)Nc5ccccc5)c5ccccc5)cc4)c4c(N)ncnc43)CC2)CC1.CN1CCN(C2CCC(n3nc(-c4ccc(C(NC(=O)Nc5ccccc5)c5ccccc5)cc4)c4c(N)ncnc43)CC2)CC1. The number of urea groups is 3. The molecule has 0 spiro atoms. The maximum atomic E-state index is 13.1. The zero-order valence-corrected chi connectivity index (χ0v) is 77.0. The number of hydrogen-bond donors (Lipinski definition) is 9. The number of fused-ring (bicyclic) bond motifs is 3. The van der Waals surface area contributed by atoms with Crippen LogP contribution in [0.3, 0.4) is 0 Å². The predicted molar refractivity (Wildman–Crippen MR) is 531 cm³/mol. The molecule has 20 rings (SSSR count). The Hall–Kier alpha value is -13.6. The number of benzene rings is 8. The van der Waals surface area contributed by atoms with Crippen LogP contribution in [0.1, 0.15) is 154 Å². The number of amides is 6. The number of rotatable bonds is 21. The summed E-state index contributed by atoms with van der Waals surface area (Å²) >= 11 is 0. The van der Waals surface area contributed by atoms with Gasteiger partial charge in [-0.05, 0) is 163 Å². The third-order valence-electron chi connectivity index (χ3n) is 27.9. The number of nitrogens with zero attached hydrogens (tertiary/aromatic N) is 18. The second-order valence-electron chi connectivity index (χ2n) is 36.5. The van der Waals surface area contributed by atoms with Gasteiger partial charge in [-0.1, -0.05) is 200 Å². The maximum absolute atomic E-state index is 13.1. The standard InChI is InChI=1S/2C36H41N9O.C32H41N9O/c2*1-43-20-22-44(23-21-43)29-16-18-30(19-17-29)45-35-31(34(37)38-24-39-35)33(42-45)27-14-12-26(13-15-27)32(25-8-4-2-5-9-25)41-36(46)40-28-10-6-3-7-11-28;1-3-34-32(42)37-28(22-7-5-4-6-8-22)23-9-11-24(12-10-23)29-27-30(33)35-21-36-31(27)41(38-29)26-15-13-25(14-16-26)40-19-17-39(2)18-20-40/h2*2-15,24,29-30,32H,16-23H2,1H3,(H2,37,38,39)(H2,40,41,46);4-12,21,25-26,28H,3,13-20H2,1-2H3,(H2,33,35,36)(H2,34,37,42). The first-order valence-electron chi connectivity index (χ1n) is 47.6. The molecule has 6 aliphatic rings. The molecule has 3 saturated carbocycles. The topological polar surface area (TPSA) is 352 Å². The fourth-order valence-corrected chi connectivity index (χ4v) is 20.4. The van der Waals surface area contributed by atoms with Gasteiger partial charge in [-0.3, -0.25) is 14.7 Å². The number of anilines is 5. The van der Waals surface area contributed by atoms with E-state index in [1.165, 1.54) is 31.8 Å². The number of nitrogen functional groups attached to an aromatic ring is 3. The van der Waals surface area contributed by atoms with Crippen LogP contribution < -0.4 is 49.1 Å². The van der Waals surface area contributed by atoms with Crippen LogP contribution >= 0.6 is 0 Å². The van der Waals surface area contributed by atoms with Gasteiger partial charge in [-0.25, -0.2) is 58.3 Å². The Morgan fingerprint density at radius 3 is 0.806 bits per heavy atom. The zero-order valence-electron chi connectivity index (χ0n) is 77.0. The minimum Gasteiger partial charge on any atom is -0.383 e. The van der Waals surface area contributed by atoms with Crippen LogP contribution in [-0.4, -0.2) is 231 Å². The lowest BCUT2D eigenvalue weighted by Crippen LogP contribution is -2.49. The fourth-order valence-electron chi connectivity index (χ4n) is 20.4. The Labute approximate surface area is 782 Å². The van der Waals surface area contributed by atoms with Crippen molar-refractivity contribution in [2.45, 2.75) is 138 Å². The molecule has 12 N–H and O–H groups in total. The second kappa shape index (κ2) is 42.5. The third kappa shape index (κ3) is 21.2. The van der Waals surface area contributed by atoms with E-state index >= 15 is 0 Å². The summed E-state index contributed by atoms with van der Waals surface area (Å²) in [6.07, 6.45) is 18.0. The van der Waals surface area contributed by atoms with Gasteiger partial charge in [-0.15, -0.1) is 0 Å². The van der Waals surface area contributed by atoms with Gasteiger partial charge in [0, 0.05) is 131 Å². The monoisotopic (exact) mass is 1800 g/mol. The molecule has 14 aromatic rings. The van der Waals surface area contributed by atoms with Crippen molar-refractivity contribution < 1.29 is 14.4 Å². The number of carbonyl (C=O) groups is 3. The van der Waals surface area contributed by atoms with E-state index < -0.39 is 0 Å². The Morgan fingerprint density at radius 1 is 0.306 bits per heavy atom. The van der Waals surface area contributed by atoms with E-state index in [-0.39, 0.29) is 54.3 Å². The van der Waals surface area contributed by atoms with Crippen LogP contribution in [0, 0.1) is 0 Å². The van der Waals surface area contributed by atoms with E-state index in [2.05, 4.69) is 126 Å². The number of carbonyl (C=O) groups excluding carboxylic acids is 3. The molecule has 30 nitrogen and oxygen atoms in total. The number of likely N-dealkylation sites (N-methyl/N-ethyl adjacent to an activating group) is 3. The van der Waals surface area contributed by atoms with Crippen LogP contribution in [0.2, 0.25) is 0 Å². The van der Waals surface area contributed by atoms with Gasteiger partial charge >= 0.3 is 18.1 Å². The molecular formula is C104H123N27O3. The van der Waals surface area contributed by atoms with Crippen LogP contribution in [0.25, 0.3) is 66.9 Å². The number of hydrogen-bond acceptors (Lipinski definition) is 21. The summed E-state index contributed by atoms with van der Waals surface area (Å²) in [5, 5.41) is 36.0. The lowest BCUT2D eigenvalue weighted by Gasteiger charge is -2.41. The molecule has 0 radical (unpaired) electrons. The molecular weight excluding hydrogens is 1680 g/mol. The van der Waals surface area contributed by atoms with Gasteiger partial charge in [0.2, 0.25) is 0 Å².